The molecule has 20 heavy (non-hydrogen) atoms. The van der Waals surface area contributed by atoms with Crippen LogP contribution in [0.2, 0.25) is 0 Å². The molecule has 1 saturated heterocycles. The summed E-state index contributed by atoms with van der Waals surface area (Å²) < 4.78 is 27.1. The van der Waals surface area contributed by atoms with E-state index in [1.807, 2.05) is 0 Å². The number of anilines is 1. The van der Waals surface area contributed by atoms with E-state index in [0.717, 1.165) is 17.0 Å². The number of hydrogen-bond donors (Lipinski definition) is 2. The summed E-state index contributed by atoms with van der Waals surface area (Å²) in [6.45, 7) is 0. The second-order valence-corrected chi connectivity index (χ2v) is 4.35. The van der Waals surface area contributed by atoms with Crippen LogP contribution in [0.15, 0.2) is 12.1 Å². The Labute approximate surface area is 112 Å². The average Bonchev–Trinajstić information content (AvgIpc) is 2.62. The van der Waals surface area contributed by atoms with E-state index in [4.69, 9.17) is 5.73 Å². The molecule has 0 aliphatic carbocycles. The van der Waals surface area contributed by atoms with Crippen molar-refractivity contribution in [1.29, 1.82) is 0 Å². The van der Waals surface area contributed by atoms with Crippen LogP contribution in [-0.4, -0.2) is 35.7 Å². The number of imide groups is 1. The number of carbonyl (C=O) groups is 3. The maximum absolute atomic E-state index is 13.6. The zero-order valence-corrected chi connectivity index (χ0v) is 10.4. The van der Waals surface area contributed by atoms with Gasteiger partial charge in [-0.3, -0.25) is 19.3 Å². The molecule has 6 nitrogen and oxygen atoms in total. The van der Waals surface area contributed by atoms with Crippen molar-refractivity contribution >= 4 is 23.4 Å². The number of benzene rings is 1. The van der Waals surface area contributed by atoms with Crippen LogP contribution in [-0.2, 0) is 9.59 Å². The summed E-state index contributed by atoms with van der Waals surface area (Å²) in [5.41, 5.74) is 3.99. The third kappa shape index (κ3) is 2.20. The molecule has 1 aliphatic heterocycles. The van der Waals surface area contributed by atoms with Gasteiger partial charge in [0, 0.05) is 7.05 Å². The van der Waals surface area contributed by atoms with Gasteiger partial charge in [0.25, 0.3) is 11.8 Å². The van der Waals surface area contributed by atoms with E-state index in [0.29, 0.717) is 0 Å². The summed E-state index contributed by atoms with van der Waals surface area (Å²) in [6, 6.07) is 0.709. The van der Waals surface area contributed by atoms with E-state index in [9.17, 15) is 23.2 Å². The molecule has 0 radical (unpaired) electrons. The number of nitrogens with one attached hydrogen (secondary N) is 1. The molecule has 1 unspecified atom stereocenters. The Morgan fingerprint density at radius 1 is 1.40 bits per heavy atom. The molecule has 0 spiro atoms. The summed E-state index contributed by atoms with van der Waals surface area (Å²) in [5.74, 6) is -4.54. The molecule has 2 rings (SSSR count). The molecule has 1 heterocycles. The fourth-order valence-corrected chi connectivity index (χ4v) is 1.88. The zero-order valence-electron chi connectivity index (χ0n) is 10.4. The molecule has 1 atom stereocenters. The van der Waals surface area contributed by atoms with Crippen LogP contribution in [0.4, 0.5) is 14.5 Å². The minimum absolute atomic E-state index is 0.243. The maximum Gasteiger partial charge on any atom is 0.258 e. The van der Waals surface area contributed by atoms with E-state index < -0.39 is 41.0 Å². The standard InChI is InChI=1S/C12H11F2N3O3/c1-17-8(18)4-7(12(17)20)16-11(19)9-5(13)2-3-6(15)10(9)14/h2-3,7H,4,15H2,1H3,(H,16,19). The first kappa shape index (κ1) is 13.9. The largest absolute Gasteiger partial charge is 0.396 e. The topological polar surface area (TPSA) is 92.5 Å². The number of likely N-dealkylation sites (tertiary alicyclic amines) is 1. The van der Waals surface area contributed by atoms with Crippen molar-refractivity contribution in [2.45, 2.75) is 12.5 Å². The van der Waals surface area contributed by atoms with Gasteiger partial charge >= 0.3 is 0 Å². The second kappa shape index (κ2) is 4.87. The summed E-state index contributed by atoms with van der Waals surface area (Å²) in [6.07, 6.45) is -0.243. The molecular weight excluding hydrogens is 272 g/mol. The van der Waals surface area contributed by atoms with Crippen molar-refractivity contribution in [3.8, 4) is 0 Å². The summed E-state index contributed by atoms with van der Waals surface area (Å²) in [5, 5.41) is 2.13. The zero-order chi connectivity index (χ0) is 15.0. The highest BCUT2D eigenvalue weighted by atomic mass is 19.1. The Morgan fingerprint density at radius 2 is 2.05 bits per heavy atom. The van der Waals surface area contributed by atoms with Crippen LogP contribution in [0.25, 0.3) is 0 Å². The number of nitrogens with two attached hydrogens (primary N) is 1. The SMILES string of the molecule is CN1C(=O)CC(NC(=O)c2c(F)ccc(N)c2F)C1=O. The Morgan fingerprint density at radius 3 is 2.60 bits per heavy atom. The molecule has 8 heteroatoms. The number of halogens is 2. The van der Waals surface area contributed by atoms with Crippen LogP contribution in [0.1, 0.15) is 16.8 Å². The number of carbonyl (C=O) groups excluding carboxylic acids is 3. The van der Waals surface area contributed by atoms with Crippen LogP contribution in [0.3, 0.4) is 0 Å². The van der Waals surface area contributed by atoms with Crippen molar-refractivity contribution in [3.63, 3.8) is 0 Å². The Hall–Kier alpha value is -2.51. The van der Waals surface area contributed by atoms with Gasteiger partial charge in [-0.2, -0.15) is 0 Å². The van der Waals surface area contributed by atoms with Crippen LogP contribution in [0, 0.1) is 11.6 Å². The van der Waals surface area contributed by atoms with E-state index in [1.54, 1.807) is 0 Å². The fourth-order valence-electron chi connectivity index (χ4n) is 1.88. The molecule has 1 aromatic carbocycles. The number of likely N-dealkylation sites (N-methyl/N-ethyl adjacent to an activating group) is 1. The molecule has 1 aromatic rings. The lowest BCUT2D eigenvalue weighted by atomic mass is 10.1. The van der Waals surface area contributed by atoms with Gasteiger partial charge in [0.15, 0.2) is 5.82 Å². The molecule has 0 aromatic heterocycles. The lowest BCUT2D eigenvalue weighted by Crippen LogP contribution is -2.41. The van der Waals surface area contributed by atoms with E-state index >= 15 is 0 Å². The molecular formula is C12H11F2N3O3. The smallest absolute Gasteiger partial charge is 0.258 e. The first-order chi connectivity index (χ1) is 9.32. The molecule has 0 bridgehead atoms. The van der Waals surface area contributed by atoms with Crippen LogP contribution in [0.5, 0.6) is 0 Å². The molecule has 0 saturated carbocycles. The lowest BCUT2D eigenvalue weighted by molar-refractivity contribution is -0.137. The number of nitrogen functional groups attached to an aromatic ring is 1. The van der Waals surface area contributed by atoms with Crippen molar-refractivity contribution in [2.75, 3.05) is 12.8 Å². The van der Waals surface area contributed by atoms with Crippen molar-refractivity contribution in [1.82, 2.24) is 10.2 Å². The lowest BCUT2D eigenvalue weighted by Gasteiger charge is -2.12. The molecule has 1 fully saturated rings. The molecule has 106 valence electrons. The van der Waals surface area contributed by atoms with Gasteiger partial charge in [-0.05, 0) is 12.1 Å². The third-order valence-electron chi connectivity index (χ3n) is 3.03. The highest BCUT2D eigenvalue weighted by molar-refractivity contribution is 6.08. The van der Waals surface area contributed by atoms with Crippen molar-refractivity contribution in [3.05, 3.63) is 29.3 Å². The van der Waals surface area contributed by atoms with Gasteiger partial charge < -0.3 is 11.1 Å². The van der Waals surface area contributed by atoms with Crippen molar-refractivity contribution in [2.24, 2.45) is 0 Å². The Bertz CT molecular complexity index is 618. The second-order valence-electron chi connectivity index (χ2n) is 4.35. The van der Waals surface area contributed by atoms with Gasteiger partial charge in [-0.15, -0.1) is 0 Å². The minimum Gasteiger partial charge on any atom is -0.396 e. The maximum atomic E-state index is 13.6. The molecule has 3 amide bonds. The van der Waals surface area contributed by atoms with E-state index in [-0.39, 0.29) is 12.1 Å². The number of rotatable bonds is 2. The van der Waals surface area contributed by atoms with Crippen LogP contribution >= 0.6 is 0 Å². The molecule has 3 N–H and O–H groups in total. The summed E-state index contributed by atoms with van der Waals surface area (Å²) in [4.78, 5) is 35.6. The highest BCUT2D eigenvalue weighted by Gasteiger charge is 2.37. The third-order valence-corrected chi connectivity index (χ3v) is 3.03. The summed E-state index contributed by atoms with van der Waals surface area (Å²) in [7, 11) is 1.26. The highest BCUT2D eigenvalue weighted by Crippen LogP contribution is 2.19. The van der Waals surface area contributed by atoms with Gasteiger partial charge in [0.1, 0.15) is 17.4 Å². The quantitative estimate of drug-likeness (QED) is 0.592. The first-order valence-corrected chi connectivity index (χ1v) is 5.67. The predicted octanol–water partition coefficient (Wildman–Crippen LogP) is 0.0341. The Kier molecular flexibility index (Phi) is 3.39. The van der Waals surface area contributed by atoms with Crippen LogP contribution < -0.4 is 11.1 Å². The van der Waals surface area contributed by atoms with Gasteiger partial charge in [-0.1, -0.05) is 0 Å². The number of nitrogens with zero attached hydrogens (tertiary/aromatic N) is 1. The fraction of sp³-hybridized carbons (Fsp3) is 0.250. The number of hydrogen-bond acceptors (Lipinski definition) is 4. The predicted molar refractivity (Wildman–Crippen MR) is 64.4 cm³/mol. The van der Waals surface area contributed by atoms with E-state index in [1.165, 1.54) is 7.05 Å². The van der Waals surface area contributed by atoms with Gasteiger partial charge in [0.05, 0.1) is 12.1 Å². The Balaban J connectivity index is 2.24. The summed E-state index contributed by atoms with van der Waals surface area (Å²) >= 11 is 0. The van der Waals surface area contributed by atoms with E-state index in [2.05, 4.69) is 5.32 Å². The molecule has 1 aliphatic rings. The minimum atomic E-state index is -1.20. The normalized spacial score (nSPS) is 18.6. The number of amides is 3. The van der Waals surface area contributed by atoms with Gasteiger partial charge in [0.2, 0.25) is 5.91 Å². The monoisotopic (exact) mass is 283 g/mol. The van der Waals surface area contributed by atoms with Crippen molar-refractivity contribution < 1.29 is 23.2 Å². The van der Waals surface area contributed by atoms with Gasteiger partial charge in [-0.25, -0.2) is 8.78 Å². The average molecular weight is 283 g/mol. The first-order valence-electron chi connectivity index (χ1n) is 5.67.